The standard InChI is InChI=1S/C34H34S4/c1-3-5-7-9-11-21-13-15-23-27(17-21)35-33-25-19-30-26(20-29(25)37-31(23)33)34-32(38-30)24-16-14-22(18-28(24)36-34)12-10-8-6-4-2/h13-20H,3-12H2,1-2H3. The Kier molecular flexibility index (Phi) is 6.94. The minimum absolute atomic E-state index is 1.21. The van der Waals surface area contributed by atoms with E-state index in [1.54, 1.807) is 0 Å². The molecule has 0 spiro atoms. The minimum atomic E-state index is 1.21. The van der Waals surface area contributed by atoms with Gasteiger partial charge in [-0.2, -0.15) is 0 Å². The van der Waals surface area contributed by atoms with Crippen LogP contribution in [0.3, 0.4) is 0 Å². The van der Waals surface area contributed by atoms with Gasteiger partial charge in [-0.05, 0) is 61.1 Å². The van der Waals surface area contributed by atoms with Crippen LogP contribution in [0.5, 0.6) is 0 Å². The number of hydrogen-bond acceptors (Lipinski definition) is 4. The predicted octanol–water partition coefficient (Wildman–Crippen LogP) is 13.1. The quantitative estimate of drug-likeness (QED) is 0.143. The maximum absolute atomic E-state index is 2.50. The number of hydrogen-bond donors (Lipinski definition) is 0. The van der Waals surface area contributed by atoms with E-state index in [4.69, 9.17) is 0 Å². The molecule has 0 N–H and O–H groups in total. The molecule has 38 heavy (non-hydrogen) atoms. The van der Waals surface area contributed by atoms with Gasteiger partial charge in [0.25, 0.3) is 0 Å². The Morgan fingerprint density at radius 2 is 0.816 bits per heavy atom. The third-order valence-corrected chi connectivity index (χ3v) is 13.1. The summed E-state index contributed by atoms with van der Waals surface area (Å²) < 4.78 is 11.7. The highest BCUT2D eigenvalue weighted by Gasteiger charge is 2.17. The Bertz CT molecular complexity index is 1760. The van der Waals surface area contributed by atoms with Gasteiger partial charge in [0.1, 0.15) is 0 Å². The van der Waals surface area contributed by atoms with Crippen molar-refractivity contribution in [3.8, 4) is 0 Å². The van der Waals surface area contributed by atoms with E-state index in [1.807, 2.05) is 45.3 Å². The number of unbranched alkanes of at least 4 members (excludes halogenated alkanes) is 6. The normalized spacial score (nSPS) is 12.5. The van der Waals surface area contributed by atoms with Gasteiger partial charge in [-0.1, -0.05) is 76.6 Å². The van der Waals surface area contributed by atoms with Crippen LogP contribution in [0.15, 0.2) is 48.5 Å². The van der Waals surface area contributed by atoms with Crippen molar-refractivity contribution < 1.29 is 0 Å². The van der Waals surface area contributed by atoms with Gasteiger partial charge in [0.05, 0.1) is 18.8 Å². The van der Waals surface area contributed by atoms with Gasteiger partial charge in [-0.3, -0.25) is 0 Å². The highest BCUT2D eigenvalue weighted by atomic mass is 32.1. The number of rotatable bonds is 10. The molecule has 0 nitrogen and oxygen atoms in total. The van der Waals surface area contributed by atoms with Crippen LogP contribution in [0.2, 0.25) is 0 Å². The first-order valence-corrected chi connectivity index (χ1v) is 17.7. The van der Waals surface area contributed by atoms with Crippen LogP contribution in [0.4, 0.5) is 0 Å². The Hall–Kier alpha value is -1.98. The molecule has 0 saturated heterocycles. The first kappa shape index (κ1) is 25.0. The van der Waals surface area contributed by atoms with Crippen molar-refractivity contribution in [2.45, 2.75) is 78.1 Å². The monoisotopic (exact) mass is 570 g/mol. The van der Waals surface area contributed by atoms with E-state index in [0.717, 1.165) is 0 Å². The summed E-state index contributed by atoms with van der Waals surface area (Å²) in [6.45, 7) is 4.57. The average molecular weight is 571 g/mol. The zero-order valence-corrected chi connectivity index (χ0v) is 25.6. The van der Waals surface area contributed by atoms with Crippen molar-refractivity contribution in [3.05, 3.63) is 59.7 Å². The Labute approximate surface area is 240 Å². The number of aryl methyl sites for hydroxylation is 2. The smallest absolute Gasteiger partial charge is 0.0542 e. The fraction of sp³-hybridized carbons (Fsp3) is 0.353. The SMILES string of the molecule is CCCCCCc1ccc2c(c1)sc1c3cc4sc5c6ccc(CCCCCC)cc6sc5c4cc3sc21. The first-order chi connectivity index (χ1) is 18.7. The lowest BCUT2D eigenvalue weighted by Crippen LogP contribution is -1.85. The molecule has 0 bridgehead atoms. The van der Waals surface area contributed by atoms with E-state index in [9.17, 15) is 0 Å². The second kappa shape index (κ2) is 10.5. The summed E-state index contributed by atoms with van der Waals surface area (Å²) in [4.78, 5) is 0. The summed E-state index contributed by atoms with van der Waals surface area (Å²) in [6.07, 6.45) is 13.1. The van der Waals surface area contributed by atoms with Crippen molar-refractivity contribution in [2.24, 2.45) is 0 Å². The van der Waals surface area contributed by atoms with Crippen LogP contribution >= 0.6 is 45.3 Å². The molecule has 3 aromatic carbocycles. The van der Waals surface area contributed by atoms with Gasteiger partial charge in [0.2, 0.25) is 0 Å². The van der Waals surface area contributed by atoms with Gasteiger partial charge in [-0.15, -0.1) is 45.3 Å². The third kappa shape index (κ3) is 4.38. The van der Waals surface area contributed by atoms with Crippen molar-refractivity contribution in [2.75, 3.05) is 0 Å². The molecule has 0 aliphatic heterocycles. The van der Waals surface area contributed by atoms with Crippen molar-refractivity contribution in [1.29, 1.82) is 0 Å². The lowest BCUT2D eigenvalue weighted by molar-refractivity contribution is 0.667. The van der Waals surface area contributed by atoms with Gasteiger partial charge >= 0.3 is 0 Å². The molecular weight excluding hydrogens is 537 g/mol. The Morgan fingerprint density at radius 3 is 1.24 bits per heavy atom. The molecule has 0 amide bonds. The summed E-state index contributed by atoms with van der Waals surface area (Å²) in [6, 6.07) is 19.5. The van der Waals surface area contributed by atoms with Crippen molar-refractivity contribution >= 4 is 104 Å². The van der Waals surface area contributed by atoms with Gasteiger partial charge < -0.3 is 0 Å². The lowest BCUT2D eigenvalue weighted by atomic mass is 10.1. The maximum Gasteiger partial charge on any atom is 0.0542 e. The molecule has 194 valence electrons. The highest BCUT2D eigenvalue weighted by molar-refractivity contribution is 7.38. The highest BCUT2D eigenvalue weighted by Crippen LogP contribution is 2.50. The molecule has 0 radical (unpaired) electrons. The number of fused-ring (bicyclic) bond motifs is 10. The largest absolute Gasteiger partial charge is 0.134 e. The van der Waals surface area contributed by atoms with Crippen molar-refractivity contribution in [3.63, 3.8) is 0 Å². The second-order valence-electron chi connectivity index (χ2n) is 10.9. The first-order valence-electron chi connectivity index (χ1n) is 14.4. The molecule has 7 aromatic rings. The predicted molar refractivity (Wildman–Crippen MR) is 179 cm³/mol. The van der Waals surface area contributed by atoms with Gasteiger partial charge in [0.15, 0.2) is 0 Å². The van der Waals surface area contributed by atoms with E-state index in [1.165, 1.54) is 134 Å². The lowest BCUT2D eigenvalue weighted by Gasteiger charge is -2.01. The van der Waals surface area contributed by atoms with E-state index in [-0.39, 0.29) is 0 Å². The molecule has 0 fully saturated rings. The van der Waals surface area contributed by atoms with Crippen molar-refractivity contribution in [1.82, 2.24) is 0 Å². The fourth-order valence-electron chi connectivity index (χ4n) is 5.92. The van der Waals surface area contributed by atoms with Crippen LogP contribution in [0.25, 0.3) is 59.1 Å². The Morgan fingerprint density at radius 1 is 0.421 bits per heavy atom. The summed E-state index contributed by atoms with van der Waals surface area (Å²) >= 11 is 8.00. The molecule has 0 aliphatic carbocycles. The topological polar surface area (TPSA) is 0 Å². The molecule has 0 atom stereocenters. The van der Waals surface area contributed by atoms with Crippen LogP contribution in [-0.4, -0.2) is 0 Å². The molecule has 4 heterocycles. The summed E-state index contributed by atoms with van der Waals surface area (Å²) in [5.74, 6) is 0. The fourth-order valence-corrected chi connectivity index (χ4v) is 11.4. The van der Waals surface area contributed by atoms with Gasteiger partial charge in [-0.25, -0.2) is 0 Å². The average Bonchev–Trinajstić information content (AvgIpc) is 3.65. The van der Waals surface area contributed by atoms with Crippen LogP contribution in [0.1, 0.15) is 76.3 Å². The minimum Gasteiger partial charge on any atom is -0.134 e. The molecule has 4 heteroatoms. The maximum atomic E-state index is 2.50. The summed E-state index contributed by atoms with van der Waals surface area (Å²) in [5, 5.41) is 5.81. The van der Waals surface area contributed by atoms with E-state index < -0.39 is 0 Å². The number of benzene rings is 3. The third-order valence-electron chi connectivity index (χ3n) is 8.05. The van der Waals surface area contributed by atoms with Crippen LogP contribution in [0, 0.1) is 0 Å². The molecule has 0 aliphatic rings. The second-order valence-corrected chi connectivity index (χ2v) is 15.1. The van der Waals surface area contributed by atoms with E-state index in [2.05, 4.69) is 62.4 Å². The Balaban J connectivity index is 1.26. The molecule has 7 rings (SSSR count). The zero-order chi connectivity index (χ0) is 25.6. The molecular formula is C34H34S4. The van der Waals surface area contributed by atoms with Crippen LogP contribution < -0.4 is 0 Å². The molecule has 0 unspecified atom stereocenters. The summed E-state index contributed by atoms with van der Waals surface area (Å²) in [5.41, 5.74) is 3.01. The molecule has 0 saturated carbocycles. The zero-order valence-electron chi connectivity index (χ0n) is 22.3. The summed E-state index contributed by atoms with van der Waals surface area (Å²) in [7, 11) is 0. The molecule has 4 aromatic heterocycles. The number of thiophene rings is 4. The van der Waals surface area contributed by atoms with Gasteiger partial charge in [0, 0.05) is 40.3 Å². The van der Waals surface area contributed by atoms with E-state index >= 15 is 0 Å². The van der Waals surface area contributed by atoms with Crippen LogP contribution in [-0.2, 0) is 12.8 Å². The van der Waals surface area contributed by atoms with E-state index in [0.29, 0.717) is 0 Å².